The van der Waals surface area contributed by atoms with Crippen LogP contribution in [0.15, 0.2) is 48.5 Å². The van der Waals surface area contributed by atoms with Crippen LogP contribution in [0, 0.1) is 11.8 Å². The molecule has 2 aromatic rings. The van der Waals surface area contributed by atoms with Crippen LogP contribution in [0.4, 0.5) is 0 Å². The minimum atomic E-state index is 0.0987. The molecular formula is C22H29O2+. The van der Waals surface area contributed by atoms with Crippen LogP contribution in [0.2, 0.25) is 0 Å². The summed E-state index contributed by atoms with van der Waals surface area (Å²) in [6.45, 7) is 7.04. The Morgan fingerprint density at radius 3 is 2.21 bits per heavy atom. The second-order valence-electron chi connectivity index (χ2n) is 7.98. The Balaban J connectivity index is 1.84. The molecule has 0 spiro atoms. The number of phenolic OH excluding ortho intramolecular Hbond substituents is 1. The van der Waals surface area contributed by atoms with Gasteiger partial charge in [0.05, 0.1) is 0 Å². The highest BCUT2D eigenvalue weighted by Gasteiger charge is 2.38. The Kier molecular flexibility index (Phi) is 4.58. The Labute approximate surface area is 145 Å². The van der Waals surface area contributed by atoms with E-state index in [2.05, 4.69) is 45.0 Å². The third-order valence-electron chi connectivity index (χ3n) is 6.17. The largest absolute Gasteiger partial charge is 0.593 e. The van der Waals surface area contributed by atoms with E-state index in [1.807, 2.05) is 12.1 Å². The summed E-state index contributed by atoms with van der Waals surface area (Å²) in [5, 5.41) is 17.3. The van der Waals surface area contributed by atoms with E-state index < -0.39 is 0 Å². The highest BCUT2D eigenvalue weighted by Crippen LogP contribution is 2.48. The summed E-state index contributed by atoms with van der Waals surface area (Å²) in [4.78, 5) is 0. The highest BCUT2D eigenvalue weighted by molar-refractivity contribution is 5.33. The molecule has 0 aromatic heterocycles. The van der Waals surface area contributed by atoms with E-state index in [4.69, 9.17) is 5.11 Å². The van der Waals surface area contributed by atoms with E-state index in [1.165, 1.54) is 30.4 Å². The van der Waals surface area contributed by atoms with E-state index in [0.717, 1.165) is 0 Å². The van der Waals surface area contributed by atoms with E-state index >= 15 is 0 Å². The lowest BCUT2D eigenvalue weighted by Gasteiger charge is -2.43. The summed E-state index contributed by atoms with van der Waals surface area (Å²) in [6, 6.07) is 15.8. The lowest BCUT2D eigenvalue weighted by atomic mass is 9.62. The van der Waals surface area contributed by atoms with Crippen LogP contribution in [0.5, 0.6) is 11.5 Å². The molecule has 3 atom stereocenters. The molecule has 1 saturated carbocycles. The molecular weight excluding hydrogens is 296 g/mol. The van der Waals surface area contributed by atoms with Gasteiger partial charge in [0, 0.05) is 12.1 Å². The summed E-state index contributed by atoms with van der Waals surface area (Å²) in [5.41, 5.74) is 2.78. The van der Waals surface area contributed by atoms with Gasteiger partial charge in [0.25, 0.3) is 5.75 Å². The number of aromatic hydroxyl groups is 1. The molecule has 1 fully saturated rings. The molecule has 24 heavy (non-hydrogen) atoms. The van der Waals surface area contributed by atoms with Crippen molar-refractivity contribution in [2.24, 2.45) is 11.8 Å². The molecule has 0 amide bonds. The maximum absolute atomic E-state index is 9.57. The summed E-state index contributed by atoms with van der Waals surface area (Å²) in [5.74, 6) is 2.80. The standard InChI is InChI=1S/C22H28O2/c1-15-4-7-18(14-21(15)16-5-10-19(23)11-6-16)22(2,3)17-8-12-20(24)13-9-17/h5-6,8-13,15,18,21,23-24H,4,7,14H2,1-3H3/p+1. The van der Waals surface area contributed by atoms with Crippen molar-refractivity contribution in [2.45, 2.75) is 51.4 Å². The van der Waals surface area contributed by atoms with Crippen molar-refractivity contribution >= 4 is 0 Å². The van der Waals surface area contributed by atoms with Crippen LogP contribution >= 0.6 is 0 Å². The molecule has 3 rings (SSSR count). The van der Waals surface area contributed by atoms with Crippen molar-refractivity contribution in [3.63, 3.8) is 0 Å². The zero-order valence-corrected chi connectivity index (χ0v) is 14.9. The van der Waals surface area contributed by atoms with Crippen molar-refractivity contribution in [1.82, 2.24) is 0 Å². The van der Waals surface area contributed by atoms with E-state index in [9.17, 15) is 5.11 Å². The molecule has 3 N–H and O–H groups in total. The van der Waals surface area contributed by atoms with E-state index in [-0.39, 0.29) is 5.41 Å². The van der Waals surface area contributed by atoms with Gasteiger partial charge >= 0.3 is 0 Å². The first-order valence-corrected chi connectivity index (χ1v) is 8.99. The van der Waals surface area contributed by atoms with Gasteiger partial charge in [-0.25, -0.2) is 0 Å². The Morgan fingerprint density at radius 1 is 0.958 bits per heavy atom. The van der Waals surface area contributed by atoms with Crippen molar-refractivity contribution < 1.29 is 10.2 Å². The second kappa shape index (κ2) is 6.51. The Bertz CT molecular complexity index is 670. The SMILES string of the molecule is CC1CCC(C(C)(C)c2ccc(O)cc2)CC1c1ccc([OH2+])cc1. The fraction of sp³-hybridized carbons (Fsp3) is 0.455. The third-order valence-corrected chi connectivity index (χ3v) is 6.17. The van der Waals surface area contributed by atoms with Gasteiger partial charge in [-0.2, -0.15) is 0 Å². The van der Waals surface area contributed by atoms with Gasteiger partial charge in [-0.1, -0.05) is 32.9 Å². The Hall–Kier alpha value is -1.96. The van der Waals surface area contributed by atoms with Crippen LogP contribution in [0.1, 0.15) is 57.1 Å². The minimum Gasteiger partial charge on any atom is -0.593 e. The molecule has 0 bridgehead atoms. The molecule has 2 heteroatoms. The lowest BCUT2D eigenvalue weighted by Crippen LogP contribution is -2.34. The molecule has 0 aliphatic heterocycles. The first-order chi connectivity index (χ1) is 11.4. The van der Waals surface area contributed by atoms with Crippen LogP contribution in [0.3, 0.4) is 0 Å². The summed E-state index contributed by atoms with van der Waals surface area (Å²) < 4.78 is 0. The fourth-order valence-corrected chi connectivity index (χ4v) is 4.30. The van der Waals surface area contributed by atoms with E-state index in [0.29, 0.717) is 29.3 Å². The third kappa shape index (κ3) is 3.28. The minimum absolute atomic E-state index is 0.0987. The summed E-state index contributed by atoms with van der Waals surface area (Å²) >= 11 is 0. The first-order valence-electron chi connectivity index (χ1n) is 8.99. The van der Waals surface area contributed by atoms with Gasteiger partial charge in [-0.15, -0.1) is 0 Å². The zero-order valence-electron chi connectivity index (χ0n) is 14.9. The second-order valence-corrected chi connectivity index (χ2v) is 7.98. The van der Waals surface area contributed by atoms with Crippen molar-refractivity contribution in [3.05, 3.63) is 59.7 Å². The highest BCUT2D eigenvalue weighted by atomic mass is 16.3. The molecule has 3 unspecified atom stereocenters. The predicted molar refractivity (Wildman–Crippen MR) is 99.9 cm³/mol. The smallest absolute Gasteiger partial charge is 0.253 e. The van der Waals surface area contributed by atoms with Gasteiger partial charge < -0.3 is 10.2 Å². The summed E-state index contributed by atoms with van der Waals surface area (Å²) in [7, 11) is 0. The van der Waals surface area contributed by atoms with Gasteiger partial charge in [0.2, 0.25) is 0 Å². The van der Waals surface area contributed by atoms with Gasteiger partial charge in [0.15, 0.2) is 0 Å². The fourth-order valence-electron chi connectivity index (χ4n) is 4.30. The zero-order chi connectivity index (χ0) is 17.3. The molecule has 0 heterocycles. The molecule has 2 aromatic carbocycles. The van der Waals surface area contributed by atoms with Gasteiger partial charge in [0.1, 0.15) is 5.75 Å². The number of hydrogen-bond acceptors (Lipinski definition) is 1. The maximum Gasteiger partial charge on any atom is 0.253 e. The van der Waals surface area contributed by atoms with Gasteiger partial charge in [-0.05, 0) is 77.8 Å². The molecule has 2 nitrogen and oxygen atoms in total. The lowest BCUT2D eigenvalue weighted by molar-refractivity contribution is 0.177. The average molecular weight is 325 g/mol. The predicted octanol–water partition coefficient (Wildman–Crippen LogP) is 5.33. The van der Waals surface area contributed by atoms with Crippen LogP contribution in [-0.4, -0.2) is 10.2 Å². The molecule has 1 aliphatic rings. The maximum atomic E-state index is 9.57. The molecule has 128 valence electrons. The average Bonchev–Trinajstić information content (AvgIpc) is 2.56. The normalized spacial score (nSPS) is 24.7. The van der Waals surface area contributed by atoms with Crippen LogP contribution in [-0.2, 0) is 5.41 Å². The van der Waals surface area contributed by atoms with Gasteiger partial charge in [-0.3, -0.25) is 0 Å². The number of rotatable bonds is 3. The van der Waals surface area contributed by atoms with Crippen molar-refractivity contribution in [2.75, 3.05) is 0 Å². The topological polar surface area (TPSA) is 43.1 Å². The van der Waals surface area contributed by atoms with Crippen LogP contribution < -0.4 is 0 Å². The Morgan fingerprint density at radius 2 is 1.58 bits per heavy atom. The number of phenols is 1. The van der Waals surface area contributed by atoms with E-state index in [1.54, 1.807) is 12.1 Å². The summed E-state index contributed by atoms with van der Waals surface area (Å²) in [6.07, 6.45) is 3.69. The number of benzene rings is 2. The number of hydrogen-bond donors (Lipinski definition) is 1. The van der Waals surface area contributed by atoms with Crippen LogP contribution in [0.25, 0.3) is 0 Å². The monoisotopic (exact) mass is 325 g/mol. The van der Waals surface area contributed by atoms with Crippen molar-refractivity contribution in [3.8, 4) is 11.5 Å². The molecule has 0 saturated heterocycles. The molecule has 0 radical (unpaired) electrons. The van der Waals surface area contributed by atoms with Crippen molar-refractivity contribution in [1.29, 1.82) is 0 Å². The first kappa shape index (κ1) is 16.9. The molecule has 1 aliphatic carbocycles. The quantitative estimate of drug-likeness (QED) is 0.762.